The van der Waals surface area contributed by atoms with Crippen LogP contribution in [0.4, 0.5) is 0 Å². The molecule has 0 heterocycles. The minimum atomic E-state index is 0. The predicted octanol–water partition coefficient (Wildman–Crippen LogP) is -15.6. The molecule has 0 N–H and O–H groups in total. The van der Waals surface area contributed by atoms with Gasteiger partial charge >= 0.3 is 0 Å². The monoisotopic (exact) mass is 478 g/mol. The fraction of sp³-hybridized carbons (Fsp3) is 1.00. The molecule has 0 unspecified atom stereocenters. The van der Waals surface area contributed by atoms with E-state index in [1.165, 1.54) is 38.5 Å². The van der Waals surface area contributed by atoms with Crippen LogP contribution >= 0.6 is 0 Å². The maximum absolute atomic E-state index is 1.50. The van der Waals surface area contributed by atoms with Gasteiger partial charge in [-0.15, -0.1) is 0 Å². The van der Waals surface area contributed by atoms with Crippen LogP contribution in [0.25, 0.3) is 0 Å². The summed E-state index contributed by atoms with van der Waals surface area (Å²) >= 11 is 0. The van der Waals surface area contributed by atoms with Crippen LogP contribution in [-0.2, 0) is 21.1 Å². The molecule has 0 aromatic heterocycles. The molecule has 1 saturated carbocycles. The summed E-state index contributed by atoms with van der Waals surface area (Å²) in [5.74, 6) is 0. The van der Waals surface area contributed by atoms with E-state index >= 15 is 0 Å². The van der Waals surface area contributed by atoms with Gasteiger partial charge in [-0.3, -0.25) is 0 Å². The van der Waals surface area contributed by atoms with Gasteiger partial charge in [0.25, 0.3) is 0 Å². The van der Waals surface area contributed by atoms with Crippen molar-refractivity contribution < 1.29 is 95.5 Å². The summed E-state index contributed by atoms with van der Waals surface area (Å²) in [5.41, 5.74) is 0. The van der Waals surface area contributed by atoms with Crippen LogP contribution in [0.3, 0.4) is 0 Å². The van der Waals surface area contributed by atoms with E-state index in [-0.39, 0.29) is 95.5 Å². The van der Waals surface area contributed by atoms with Crippen LogP contribution in [-0.4, -0.2) is 0 Å². The minimum absolute atomic E-state index is 0. The molecule has 0 aliphatic heterocycles. The fourth-order valence-corrected chi connectivity index (χ4v) is 1.06. The Morgan fingerprint density at radius 1 is 0.308 bits per heavy atom. The van der Waals surface area contributed by atoms with Crippen molar-refractivity contribution in [3.63, 3.8) is 0 Å². The predicted molar refractivity (Wildman–Crippen MR) is 27.7 cm³/mol. The third-order valence-corrected chi connectivity index (χ3v) is 1.50. The van der Waals surface area contributed by atoms with Crippen molar-refractivity contribution in [1.82, 2.24) is 0 Å². The van der Waals surface area contributed by atoms with Gasteiger partial charge in [0, 0.05) is 21.1 Å². The van der Waals surface area contributed by atoms with Gasteiger partial charge < -0.3 is 74.4 Å². The van der Waals surface area contributed by atoms with Crippen LogP contribution in [0, 0.1) is 0 Å². The zero-order chi connectivity index (χ0) is 4.24. The van der Waals surface area contributed by atoms with E-state index in [0.29, 0.717) is 0 Å². The Morgan fingerprint density at radius 3 is 0.462 bits per heavy atom. The van der Waals surface area contributed by atoms with Gasteiger partial charge in [0.2, 0.25) is 0 Å². The summed E-state index contributed by atoms with van der Waals surface area (Å²) in [4.78, 5) is 0. The fourth-order valence-electron chi connectivity index (χ4n) is 1.06. The molecule has 7 heteroatoms. The van der Waals surface area contributed by atoms with Crippen LogP contribution in [0.15, 0.2) is 0 Å². The van der Waals surface area contributed by atoms with Gasteiger partial charge in [-0.05, 0) is 0 Å². The van der Waals surface area contributed by atoms with Gasteiger partial charge in [0.1, 0.15) is 0 Å². The SMILES string of the molecule is C1CCCCC1.[Cl-].[Cl-].[Cl-].[Cl-].[Cl-].[Cl-].[W]. The van der Waals surface area contributed by atoms with Crippen molar-refractivity contribution in [3.8, 4) is 0 Å². The van der Waals surface area contributed by atoms with Gasteiger partial charge in [-0.2, -0.15) is 0 Å². The third kappa shape index (κ3) is 31.4. The molecule has 1 aliphatic rings. The molecule has 0 atom stereocenters. The molecule has 1 aliphatic carbocycles. The molecule has 0 radical (unpaired) electrons. The molecule has 13 heavy (non-hydrogen) atoms. The van der Waals surface area contributed by atoms with Crippen molar-refractivity contribution in [3.05, 3.63) is 0 Å². The second-order valence-corrected chi connectivity index (χ2v) is 2.12. The molecule has 0 spiro atoms. The van der Waals surface area contributed by atoms with Gasteiger partial charge in [-0.1, -0.05) is 38.5 Å². The molecule has 0 aromatic carbocycles. The Hall–Kier alpha value is 2.43. The Kier molecular flexibility index (Phi) is 127. The topological polar surface area (TPSA) is 0 Å². The Balaban J connectivity index is -0.0000000103. The summed E-state index contributed by atoms with van der Waals surface area (Å²) in [7, 11) is 0. The molecule has 0 bridgehead atoms. The van der Waals surface area contributed by atoms with Gasteiger partial charge in [-0.25, -0.2) is 0 Å². The first kappa shape index (κ1) is 45.2. The molecule has 0 amide bonds. The molecule has 1 fully saturated rings. The smallest absolute Gasteiger partial charge is 0 e. The van der Waals surface area contributed by atoms with Crippen LogP contribution in [0.1, 0.15) is 38.5 Å². The number of halogens is 6. The number of hydrogen-bond donors (Lipinski definition) is 0. The van der Waals surface area contributed by atoms with Crippen LogP contribution < -0.4 is 74.4 Å². The summed E-state index contributed by atoms with van der Waals surface area (Å²) in [6.07, 6.45) is 9.00. The molecule has 1 rings (SSSR count). The number of rotatable bonds is 0. The maximum Gasteiger partial charge on any atom is 0 e. The van der Waals surface area contributed by atoms with E-state index in [1.807, 2.05) is 0 Å². The first-order valence-electron chi connectivity index (χ1n) is 3.00. The minimum Gasteiger partial charge on any atom is -1.00 e. The first-order chi connectivity index (χ1) is 3.00. The van der Waals surface area contributed by atoms with E-state index in [4.69, 9.17) is 0 Å². The quantitative estimate of drug-likeness (QED) is 0.323. The van der Waals surface area contributed by atoms with Crippen molar-refractivity contribution >= 4 is 0 Å². The Morgan fingerprint density at radius 2 is 0.385 bits per heavy atom. The average molecular weight is 481 g/mol. The van der Waals surface area contributed by atoms with E-state index in [1.54, 1.807) is 0 Å². The summed E-state index contributed by atoms with van der Waals surface area (Å²) in [5, 5.41) is 0. The van der Waals surface area contributed by atoms with Gasteiger partial charge in [0.05, 0.1) is 0 Å². The van der Waals surface area contributed by atoms with E-state index in [0.717, 1.165) is 0 Å². The van der Waals surface area contributed by atoms with Gasteiger partial charge in [0.15, 0.2) is 0 Å². The normalized spacial score (nSPS) is 11.1. The first-order valence-corrected chi connectivity index (χ1v) is 3.00. The largest absolute Gasteiger partial charge is 1.00 e. The maximum atomic E-state index is 1.50. The standard InChI is InChI=1S/C6H12.6ClH.W/c1-2-4-6-5-3-1;;;;;;;/h1-6H2;6*1H;/p-6. The number of hydrogen-bond acceptors (Lipinski definition) is 0. The zero-order valence-corrected chi connectivity index (χ0v) is 14.4. The summed E-state index contributed by atoms with van der Waals surface area (Å²) in [6.45, 7) is 0. The van der Waals surface area contributed by atoms with Crippen molar-refractivity contribution in [2.24, 2.45) is 0 Å². The molecular weight excluding hydrogens is 469 g/mol. The van der Waals surface area contributed by atoms with E-state index in [2.05, 4.69) is 0 Å². The second-order valence-electron chi connectivity index (χ2n) is 2.12. The Labute approximate surface area is 133 Å². The van der Waals surface area contributed by atoms with Crippen LogP contribution in [0.2, 0.25) is 0 Å². The van der Waals surface area contributed by atoms with Crippen molar-refractivity contribution in [1.29, 1.82) is 0 Å². The van der Waals surface area contributed by atoms with Crippen molar-refractivity contribution in [2.45, 2.75) is 38.5 Å². The zero-order valence-electron chi connectivity index (χ0n) is 6.92. The summed E-state index contributed by atoms with van der Waals surface area (Å²) in [6, 6.07) is 0. The van der Waals surface area contributed by atoms with E-state index < -0.39 is 0 Å². The summed E-state index contributed by atoms with van der Waals surface area (Å²) < 4.78 is 0. The molecule has 90 valence electrons. The van der Waals surface area contributed by atoms with E-state index in [9.17, 15) is 0 Å². The Bertz CT molecular complexity index is 32.6. The molecule has 0 nitrogen and oxygen atoms in total. The molecule has 0 aromatic rings. The molecule has 0 saturated heterocycles. The molecular formula is C6H12Cl6W-6. The van der Waals surface area contributed by atoms with Crippen molar-refractivity contribution in [2.75, 3.05) is 0 Å². The average Bonchev–Trinajstić information content (AvgIpc) is 1.72. The van der Waals surface area contributed by atoms with Crippen LogP contribution in [0.5, 0.6) is 0 Å². The second kappa shape index (κ2) is 36.6. The third-order valence-electron chi connectivity index (χ3n) is 1.50.